The summed E-state index contributed by atoms with van der Waals surface area (Å²) >= 11 is 0. The molecule has 0 aliphatic carbocycles. The Morgan fingerprint density at radius 1 is 1.41 bits per heavy atom. The lowest BCUT2D eigenvalue weighted by molar-refractivity contribution is -0.124. The van der Waals surface area contributed by atoms with Gasteiger partial charge in [-0.05, 0) is 20.3 Å². The summed E-state index contributed by atoms with van der Waals surface area (Å²) in [6.45, 7) is 8.08. The summed E-state index contributed by atoms with van der Waals surface area (Å²) in [6.07, 6.45) is 0.886. The molecule has 102 valence electrons. The van der Waals surface area contributed by atoms with Gasteiger partial charge in [0.25, 0.3) is 0 Å². The van der Waals surface area contributed by atoms with Gasteiger partial charge in [-0.15, -0.1) is 0 Å². The molecule has 0 aromatic rings. The molecule has 0 radical (unpaired) electrons. The van der Waals surface area contributed by atoms with Crippen LogP contribution in [0, 0.1) is 0 Å². The summed E-state index contributed by atoms with van der Waals surface area (Å²) in [5.74, 6) is -0.0126. The maximum Gasteiger partial charge on any atom is 0.234 e. The molecule has 0 spiro atoms. The Balaban J connectivity index is 4.11. The monoisotopic (exact) mass is 246 g/mol. The number of aliphatic hydroxyl groups is 1. The van der Waals surface area contributed by atoms with Gasteiger partial charge < -0.3 is 15.2 Å². The number of hydrogen-bond acceptors (Lipinski definition) is 4. The minimum atomic E-state index is -0.177. The molecule has 17 heavy (non-hydrogen) atoms. The van der Waals surface area contributed by atoms with Gasteiger partial charge in [-0.25, -0.2) is 0 Å². The second-order valence-electron chi connectivity index (χ2n) is 4.78. The lowest BCUT2D eigenvalue weighted by Gasteiger charge is -2.27. The molecule has 0 saturated heterocycles. The Hall–Kier alpha value is -0.650. The molecule has 1 amide bonds. The fourth-order valence-corrected chi connectivity index (χ4v) is 1.34. The van der Waals surface area contributed by atoms with Gasteiger partial charge in [0.1, 0.15) is 0 Å². The van der Waals surface area contributed by atoms with E-state index in [0.717, 1.165) is 6.42 Å². The highest BCUT2D eigenvalue weighted by Gasteiger charge is 2.19. The Bertz CT molecular complexity index is 220. The van der Waals surface area contributed by atoms with Crippen molar-refractivity contribution >= 4 is 5.91 Å². The van der Waals surface area contributed by atoms with Crippen molar-refractivity contribution in [3.63, 3.8) is 0 Å². The molecule has 0 aromatic heterocycles. The molecule has 0 aliphatic heterocycles. The van der Waals surface area contributed by atoms with Crippen LogP contribution < -0.4 is 5.32 Å². The minimum absolute atomic E-state index is 0.0126. The lowest BCUT2D eigenvalue weighted by Crippen LogP contribution is -2.48. The average molecular weight is 246 g/mol. The Morgan fingerprint density at radius 2 is 2.06 bits per heavy atom. The van der Waals surface area contributed by atoms with Gasteiger partial charge in [-0.3, -0.25) is 9.69 Å². The summed E-state index contributed by atoms with van der Waals surface area (Å²) < 4.78 is 4.97. The van der Waals surface area contributed by atoms with E-state index < -0.39 is 0 Å². The van der Waals surface area contributed by atoms with Crippen LogP contribution in [0.15, 0.2) is 0 Å². The molecule has 0 unspecified atom stereocenters. The number of carbonyl (C=O) groups is 1. The molecule has 0 aromatic carbocycles. The second kappa shape index (κ2) is 8.44. The van der Waals surface area contributed by atoms with E-state index in [2.05, 4.69) is 5.32 Å². The highest BCUT2D eigenvalue weighted by Crippen LogP contribution is 2.06. The van der Waals surface area contributed by atoms with Crippen LogP contribution in [0.2, 0.25) is 0 Å². The van der Waals surface area contributed by atoms with Crippen LogP contribution in [-0.2, 0) is 9.53 Å². The van der Waals surface area contributed by atoms with Gasteiger partial charge in [-0.1, -0.05) is 6.92 Å². The Morgan fingerprint density at radius 3 is 2.53 bits per heavy atom. The molecule has 0 atom stereocenters. The Kier molecular flexibility index (Phi) is 8.12. The zero-order chi connectivity index (χ0) is 13.3. The van der Waals surface area contributed by atoms with Crippen molar-refractivity contribution < 1.29 is 14.6 Å². The van der Waals surface area contributed by atoms with Gasteiger partial charge in [0.15, 0.2) is 0 Å². The average Bonchev–Trinajstić information content (AvgIpc) is 2.25. The highest BCUT2D eigenvalue weighted by atomic mass is 16.5. The van der Waals surface area contributed by atoms with Crippen LogP contribution in [0.25, 0.3) is 0 Å². The SMILES string of the molecule is CCC(C)(C)NC(=O)CN(CCO)CCOC. The number of nitrogens with one attached hydrogen (secondary N) is 1. The third kappa shape index (κ3) is 8.12. The summed E-state index contributed by atoms with van der Waals surface area (Å²) in [6, 6.07) is 0. The number of aliphatic hydroxyl groups excluding tert-OH is 1. The van der Waals surface area contributed by atoms with Gasteiger partial charge in [0.05, 0.1) is 19.8 Å². The number of amides is 1. The highest BCUT2D eigenvalue weighted by molar-refractivity contribution is 5.78. The molecule has 5 heteroatoms. The first-order valence-corrected chi connectivity index (χ1v) is 6.08. The molecule has 2 N–H and O–H groups in total. The van der Waals surface area contributed by atoms with Crippen molar-refractivity contribution in [2.45, 2.75) is 32.7 Å². The second-order valence-corrected chi connectivity index (χ2v) is 4.78. The molecule has 0 rings (SSSR count). The third-order valence-corrected chi connectivity index (χ3v) is 2.76. The maximum atomic E-state index is 11.8. The van der Waals surface area contributed by atoms with Crippen molar-refractivity contribution in [1.29, 1.82) is 0 Å². The van der Waals surface area contributed by atoms with Crippen LogP contribution in [-0.4, -0.2) is 61.4 Å². The quantitative estimate of drug-likeness (QED) is 0.611. The predicted molar refractivity (Wildman–Crippen MR) is 67.9 cm³/mol. The van der Waals surface area contributed by atoms with Crippen molar-refractivity contribution in [2.75, 3.05) is 40.0 Å². The Labute approximate surface area is 104 Å². The minimum Gasteiger partial charge on any atom is -0.395 e. The first-order chi connectivity index (χ1) is 7.95. The van der Waals surface area contributed by atoms with Crippen LogP contribution in [0.4, 0.5) is 0 Å². The number of methoxy groups -OCH3 is 1. The summed E-state index contributed by atoms with van der Waals surface area (Å²) in [4.78, 5) is 13.7. The van der Waals surface area contributed by atoms with Crippen molar-refractivity contribution in [3.8, 4) is 0 Å². The number of nitrogens with zero attached hydrogens (tertiary/aromatic N) is 1. The number of rotatable bonds is 9. The van der Waals surface area contributed by atoms with Crippen LogP contribution in [0.3, 0.4) is 0 Å². The zero-order valence-electron chi connectivity index (χ0n) is 11.5. The van der Waals surface area contributed by atoms with Crippen LogP contribution in [0.5, 0.6) is 0 Å². The lowest BCUT2D eigenvalue weighted by atomic mass is 10.0. The van der Waals surface area contributed by atoms with E-state index in [4.69, 9.17) is 9.84 Å². The molecule has 0 bridgehead atoms. The fraction of sp³-hybridized carbons (Fsp3) is 0.917. The van der Waals surface area contributed by atoms with Crippen molar-refractivity contribution in [2.24, 2.45) is 0 Å². The van der Waals surface area contributed by atoms with Crippen molar-refractivity contribution in [3.05, 3.63) is 0 Å². The van der Waals surface area contributed by atoms with E-state index in [9.17, 15) is 4.79 Å². The smallest absolute Gasteiger partial charge is 0.234 e. The largest absolute Gasteiger partial charge is 0.395 e. The van der Waals surface area contributed by atoms with Gasteiger partial charge in [0, 0.05) is 25.7 Å². The van der Waals surface area contributed by atoms with E-state index in [-0.39, 0.29) is 18.1 Å². The van der Waals surface area contributed by atoms with Crippen molar-refractivity contribution in [1.82, 2.24) is 10.2 Å². The third-order valence-electron chi connectivity index (χ3n) is 2.76. The van der Waals surface area contributed by atoms with E-state index in [1.807, 2.05) is 25.7 Å². The zero-order valence-corrected chi connectivity index (χ0v) is 11.5. The topological polar surface area (TPSA) is 61.8 Å². The van der Waals surface area contributed by atoms with E-state index in [1.54, 1.807) is 7.11 Å². The molecular weight excluding hydrogens is 220 g/mol. The first-order valence-electron chi connectivity index (χ1n) is 6.08. The van der Waals surface area contributed by atoms with Crippen LogP contribution in [0.1, 0.15) is 27.2 Å². The maximum absolute atomic E-state index is 11.8. The van der Waals surface area contributed by atoms with Gasteiger partial charge in [-0.2, -0.15) is 0 Å². The first kappa shape index (κ1) is 16.4. The molecule has 0 heterocycles. The standard InChI is InChI=1S/C12H26N2O3/c1-5-12(2,3)13-11(16)10-14(6-8-15)7-9-17-4/h15H,5-10H2,1-4H3,(H,13,16). The molecule has 0 saturated carbocycles. The molecule has 0 aliphatic rings. The predicted octanol–water partition coefficient (Wildman–Crippen LogP) is 0.232. The normalized spacial score (nSPS) is 11.9. The summed E-state index contributed by atoms with van der Waals surface area (Å²) in [5.41, 5.74) is -0.177. The molecular formula is C12H26N2O3. The molecule has 5 nitrogen and oxygen atoms in total. The summed E-state index contributed by atoms with van der Waals surface area (Å²) in [7, 11) is 1.62. The van der Waals surface area contributed by atoms with E-state index >= 15 is 0 Å². The van der Waals surface area contributed by atoms with E-state index in [1.165, 1.54) is 0 Å². The molecule has 0 fully saturated rings. The number of hydrogen-bond donors (Lipinski definition) is 2. The number of carbonyl (C=O) groups excluding carboxylic acids is 1. The van der Waals surface area contributed by atoms with E-state index in [0.29, 0.717) is 26.2 Å². The van der Waals surface area contributed by atoms with Gasteiger partial charge in [0.2, 0.25) is 5.91 Å². The van der Waals surface area contributed by atoms with Crippen LogP contribution >= 0.6 is 0 Å². The summed E-state index contributed by atoms with van der Waals surface area (Å²) in [5, 5.41) is 11.9. The van der Waals surface area contributed by atoms with Gasteiger partial charge >= 0.3 is 0 Å². The number of ether oxygens (including phenoxy) is 1. The fourth-order valence-electron chi connectivity index (χ4n) is 1.34.